The Labute approximate surface area is 158 Å². The van der Waals surface area contributed by atoms with Gasteiger partial charge in [0.2, 0.25) is 0 Å². The fourth-order valence-corrected chi connectivity index (χ4v) is 5.68. The normalized spacial score (nSPS) is 20.3. The van der Waals surface area contributed by atoms with Crippen LogP contribution in [0.2, 0.25) is 0 Å². The third-order valence-electron chi connectivity index (χ3n) is 4.73. The molecule has 2 aliphatic heterocycles. The Morgan fingerprint density at radius 1 is 1.07 bits per heavy atom. The molecule has 5 rings (SSSR count). The number of nitrogens with zero attached hydrogens (tertiary/aromatic N) is 4. The number of non-ortho nitro benzene ring substituents is 1. The lowest BCUT2D eigenvalue weighted by molar-refractivity contribution is -0.384. The van der Waals surface area contributed by atoms with Crippen molar-refractivity contribution in [1.82, 2.24) is 4.41 Å². The lowest BCUT2D eigenvalue weighted by atomic mass is 9.94. The summed E-state index contributed by atoms with van der Waals surface area (Å²) in [6, 6.07) is 16.7. The topological polar surface area (TPSA) is 74.0 Å². The Hall–Kier alpha value is -3.13. The molecule has 0 saturated heterocycles. The summed E-state index contributed by atoms with van der Waals surface area (Å²) in [5, 5.41) is 15.8. The van der Waals surface area contributed by atoms with Crippen LogP contribution in [0.5, 0.6) is 0 Å². The van der Waals surface area contributed by atoms with Crippen molar-refractivity contribution in [3.63, 3.8) is 0 Å². The molecule has 2 heterocycles. The SMILES string of the molecule is O=[N+]([O-])c1ccc(NN2C=C3CCCC4=NN(c5ccccc5)S2=C34)cc1. The molecule has 27 heavy (non-hydrogen) atoms. The minimum atomic E-state index is -0.387. The average Bonchev–Trinajstić information content (AvgIpc) is 3.26. The fraction of sp³-hybridized carbons (Fsp3) is 0.158. The number of allylic oxidation sites excluding steroid dienone is 1. The molecular weight excluding hydrogens is 362 g/mol. The van der Waals surface area contributed by atoms with Crippen LogP contribution in [0.1, 0.15) is 19.3 Å². The number of anilines is 2. The number of para-hydroxylation sites is 1. The summed E-state index contributed by atoms with van der Waals surface area (Å²) in [7, 11) is -0.376. The molecule has 1 saturated carbocycles. The quantitative estimate of drug-likeness (QED) is 0.482. The molecule has 2 aromatic rings. The first-order valence-corrected chi connectivity index (χ1v) is 9.90. The van der Waals surface area contributed by atoms with E-state index in [2.05, 4.69) is 32.6 Å². The minimum Gasteiger partial charge on any atom is -0.288 e. The molecule has 1 aliphatic carbocycles. The van der Waals surface area contributed by atoms with E-state index in [0.29, 0.717) is 0 Å². The standard InChI is InChI=1S/C19H17N5O2S/c25-24(26)17-11-9-15(10-12-17)20-22-13-14-5-4-8-18-19(14)27(22)23(21-18)16-6-2-1-3-7-16/h1-3,6-7,9-13,20H,4-5,8H2. The summed E-state index contributed by atoms with van der Waals surface area (Å²) < 4.78 is 4.17. The average molecular weight is 379 g/mol. The predicted octanol–water partition coefficient (Wildman–Crippen LogP) is 4.45. The van der Waals surface area contributed by atoms with Gasteiger partial charge in [0.1, 0.15) is 0 Å². The van der Waals surface area contributed by atoms with Crippen LogP contribution in [0.15, 0.2) is 71.5 Å². The van der Waals surface area contributed by atoms with E-state index >= 15 is 0 Å². The Morgan fingerprint density at radius 2 is 1.85 bits per heavy atom. The van der Waals surface area contributed by atoms with Crippen LogP contribution in [-0.4, -0.2) is 19.9 Å². The second-order valence-corrected chi connectivity index (χ2v) is 8.17. The first-order valence-electron chi connectivity index (χ1n) is 8.76. The summed E-state index contributed by atoms with van der Waals surface area (Å²) in [5.74, 6) is 0. The molecule has 1 fully saturated rings. The van der Waals surface area contributed by atoms with E-state index < -0.39 is 0 Å². The summed E-state index contributed by atoms with van der Waals surface area (Å²) in [4.78, 5) is 11.8. The number of hydrogen-bond acceptors (Lipinski definition) is 6. The lowest BCUT2D eigenvalue weighted by Crippen LogP contribution is -2.23. The second kappa shape index (κ2) is 6.24. The van der Waals surface area contributed by atoms with Gasteiger partial charge in [-0.1, -0.05) is 18.2 Å². The number of hydrazine groups is 1. The number of nitro benzene ring substituents is 1. The molecule has 0 amide bonds. The van der Waals surface area contributed by atoms with Gasteiger partial charge in [-0.05, 0) is 49.1 Å². The highest BCUT2D eigenvalue weighted by molar-refractivity contribution is 8.17. The number of hydrogen-bond donors (Lipinski definition) is 1. The van der Waals surface area contributed by atoms with Crippen LogP contribution in [0.4, 0.5) is 17.1 Å². The first-order chi connectivity index (χ1) is 13.2. The van der Waals surface area contributed by atoms with Gasteiger partial charge in [0.25, 0.3) is 5.69 Å². The van der Waals surface area contributed by atoms with E-state index in [9.17, 15) is 10.1 Å². The largest absolute Gasteiger partial charge is 0.288 e. The maximum Gasteiger partial charge on any atom is 0.269 e. The lowest BCUT2D eigenvalue weighted by Gasteiger charge is -2.28. The Kier molecular flexibility index (Phi) is 3.71. The molecular formula is C19H17N5O2S. The number of benzene rings is 2. The number of nitro groups is 1. The van der Waals surface area contributed by atoms with Gasteiger partial charge in [-0.3, -0.25) is 15.5 Å². The van der Waals surface area contributed by atoms with Crippen LogP contribution in [0, 0.1) is 10.1 Å². The van der Waals surface area contributed by atoms with Crippen molar-refractivity contribution in [3.05, 3.63) is 76.5 Å². The molecule has 8 heteroatoms. The van der Waals surface area contributed by atoms with Gasteiger partial charge in [-0.25, -0.2) is 4.41 Å². The zero-order valence-corrected chi connectivity index (χ0v) is 15.2. The van der Waals surface area contributed by atoms with E-state index in [0.717, 1.165) is 30.6 Å². The molecule has 1 unspecified atom stereocenters. The van der Waals surface area contributed by atoms with Crippen molar-refractivity contribution in [2.24, 2.45) is 5.10 Å². The zero-order chi connectivity index (χ0) is 18.4. The third kappa shape index (κ3) is 2.69. The van der Waals surface area contributed by atoms with E-state index in [1.165, 1.54) is 28.3 Å². The summed E-state index contributed by atoms with van der Waals surface area (Å²) in [5.41, 5.74) is 7.86. The highest BCUT2D eigenvalue weighted by Gasteiger charge is 2.38. The van der Waals surface area contributed by atoms with Crippen LogP contribution in [-0.2, 0) is 0 Å². The van der Waals surface area contributed by atoms with Gasteiger partial charge in [-0.2, -0.15) is 9.52 Å². The van der Waals surface area contributed by atoms with Crippen molar-refractivity contribution >= 4 is 38.5 Å². The molecule has 136 valence electrons. The van der Waals surface area contributed by atoms with Gasteiger partial charge >= 0.3 is 0 Å². The maximum absolute atomic E-state index is 10.9. The van der Waals surface area contributed by atoms with Crippen molar-refractivity contribution in [2.75, 3.05) is 9.84 Å². The van der Waals surface area contributed by atoms with Crippen LogP contribution < -0.4 is 9.84 Å². The van der Waals surface area contributed by atoms with E-state index in [1.54, 1.807) is 12.1 Å². The van der Waals surface area contributed by atoms with Gasteiger partial charge in [0, 0.05) is 18.3 Å². The molecule has 0 radical (unpaired) electrons. The fourth-order valence-electron chi connectivity index (χ4n) is 3.48. The smallest absolute Gasteiger partial charge is 0.269 e. The summed E-state index contributed by atoms with van der Waals surface area (Å²) in [6.45, 7) is 0. The Morgan fingerprint density at radius 3 is 2.59 bits per heavy atom. The summed E-state index contributed by atoms with van der Waals surface area (Å²) in [6.07, 6.45) is 5.33. The highest BCUT2D eigenvalue weighted by atomic mass is 32.2. The van der Waals surface area contributed by atoms with E-state index in [1.807, 2.05) is 18.2 Å². The van der Waals surface area contributed by atoms with Crippen LogP contribution >= 0.6 is 10.9 Å². The third-order valence-corrected chi connectivity index (χ3v) is 6.78. The van der Waals surface area contributed by atoms with Gasteiger partial charge in [0.05, 0.1) is 37.7 Å². The number of hydrazone groups is 1. The first kappa shape index (κ1) is 16.1. The molecule has 7 nitrogen and oxygen atoms in total. The van der Waals surface area contributed by atoms with Crippen molar-refractivity contribution < 1.29 is 4.92 Å². The van der Waals surface area contributed by atoms with Crippen molar-refractivity contribution in [3.8, 4) is 0 Å². The maximum atomic E-state index is 10.9. The minimum absolute atomic E-state index is 0.0863. The second-order valence-electron chi connectivity index (χ2n) is 6.50. The Balaban J connectivity index is 1.49. The molecule has 1 N–H and O–H groups in total. The number of rotatable bonds is 4. The highest BCUT2D eigenvalue weighted by Crippen LogP contribution is 2.46. The van der Waals surface area contributed by atoms with Gasteiger partial charge in [-0.15, -0.1) is 0 Å². The molecule has 2 aromatic carbocycles. The molecule has 3 aliphatic rings. The van der Waals surface area contributed by atoms with Gasteiger partial charge < -0.3 is 0 Å². The van der Waals surface area contributed by atoms with Crippen LogP contribution in [0.25, 0.3) is 0 Å². The van der Waals surface area contributed by atoms with Crippen molar-refractivity contribution in [2.45, 2.75) is 19.3 Å². The van der Waals surface area contributed by atoms with Crippen molar-refractivity contribution in [1.29, 1.82) is 0 Å². The summed E-state index contributed by atoms with van der Waals surface area (Å²) >= 11 is 0. The van der Waals surface area contributed by atoms with E-state index in [-0.39, 0.29) is 21.5 Å². The number of nitrogens with one attached hydrogen (secondary N) is 1. The zero-order valence-electron chi connectivity index (χ0n) is 14.4. The Bertz CT molecular complexity index is 1010. The van der Waals surface area contributed by atoms with E-state index in [4.69, 9.17) is 5.10 Å². The molecule has 0 bridgehead atoms. The predicted molar refractivity (Wildman–Crippen MR) is 109 cm³/mol. The van der Waals surface area contributed by atoms with Crippen LogP contribution in [0.3, 0.4) is 0 Å². The molecule has 1 atom stereocenters. The molecule has 0 spiro atoms. The monoisotopic (exact) mass is 379 g/mol. The molecule has 0 aromatic heterocycles. The van der Waals surface area contributed by atoms with Gasteiger partial charge in [0.15, 0.2) is 0 Å².